The third-order valence-corrected chi connectivity index (χ3v) is 6.36. The molecule has 37 heavy (non-hydrogen) atoms. The molecule has 5 N–H and O–H groups in total. The first-order valence-corrected chi connectivity index (χ1v) is 12.4. The first-order valence-electron chi connectivity index (χ1n) is 12.4. The molecule has 2 aromatic rings. The number of ether oxygens (including phenoxy) is 1. The quantitative estimate of drug-likeness (QED) is 0.421. The van der Waals surface area contributed by atoms with Crippen molar-refractivity contribution in [2.75, 3.05) is 6.54 Å². The number of amides is 2. The number of benzene rings is 2. The van der Waals surface area contributed by atoms with Crippen molar-refractivity contribution in [2.45, 2.75) is 64.3 Å². The lowest BCUT2D eigenvalue weighted by atomic mass is 10.0. The van der Waals surface area contributed by atoms with Crippen molar-refractivity contribution in [2.24, 2.45) is 5.92 Å². The van der Waals surface area contributed by atoms with Gasteiger partial charge >= 0.3 is 5.97 Å². The second kappa shape index (κ2) is 12.6. The molecule has 0 radical (unpaired) electrons. The van der Waals surface area contributed by atoms with Crippen LogP contribution >= 0.6 is 0 Å². The highest BCUT2D eigenvalue weighted by molar-refractivity contribution is 5.88. The van der Waals surface area contributed by atoms with Crippen LogP contribution < -0.4 is 15.8 Å². The number of nitrogens with zero attached hydrogens (tertiary/aromatic N) is 1. The first kappa shape index (κ1) is 28.0. The molecular weight excluding hydrogens is 484 g/mol. The SMILES string of the molecule is CC(C)[C@@H](Oc1ccc(CNC(=O)[C@@H]2CCCN2C(=O)CC([NH3+])Cc2cc(F)ccc2F)cc1)C(=O)O. The van der Waals surface area contributed by atoms with E-state index in [2.05, 4.69) is 11.1 Å². The summed E-state index contributed by atoms with van der Waals surface area (Å²) in [5, 5.41) is 12.1. The number of quaternary nitrogens is 1. The van der Waals surface area contributed by atoms with Crippen LogP contribution in [0.1, 0.15) is 44.2 Å². The van der Waals surface area contributed by atoms with Gasteiger partial charge in [0, 0.05) is 25.4 Å². The number of hydrogen-bond donors (Lipinski definition) is 3. The Morgan fingerprint density at radius 1 is 1.16 bits per heavy atom. The molecule has 2 amide bonds. The van der Waals surface area contributed by atoms with Gasteiger partial charge in [0.25, 0.3) is 0 Å². The minimum absolute atomic E-state index is 0.0227. The molecule has 0 bridgehead atoms. The van der Waals surface area contributed by atoms with E-state index in [1.807, 2.05) is 0 Å². The molecule has 3 atom stereocenters. The molecule has 0 aliphatic carbocycles. The van der Waals surface area contributed by atoms with E-state index in [0.717, 1.165) is 23.8 Å². The van der Waals surface area contributed by atoms with Gasteiger partial charge in [-0.1, -0.05) is 26.0 Å². The zero-order chi connectivity index (χ0) is 27.1. The van der Waals surface area contributed by atoms with Crippen molar-refractivity contribution in [3.05, 3.63) is 65.2 Å². The highest BCUT2D eigenvalue weighted by atomic mass is 19.1. The minimum atomic E-state index is -1.03. The summed E-state index contributed by atoms with van der Waals surface area (Å²) in [6.07, 6.45) is 0.411. The van der Waals surface area contributed by atoms with Gasteiger partial charge in [0.05, 0.1) is 12.5 Å². The van der Waals surface area contributed by atoms with Crippen molar-refractivity contribution in [3.63, 3.8) is 0 Å². The molecule has 1 fully saturated rings. The average molecular weight is 519 g/mol. The van der Waals surface area contributed by atoms with Crippen LogP contribution in [-0.2, 0) is 27.3 Å². The summed E-state index contributed by atoms with van der Waals surface area (Å²) >= 11 is 0. The number of aliphatic carboxylic acids is 1. The van der Waals surface area contributed by atoms with Gasteiger partial charge in [0.15, 0.2) is 6.10 Å². The Morgan fingerprint density at radius 3 is 2.51 bits per heavy atom. The van der Waals surface area contributed by atoms with Gasteiger partial charge in [-0.2, -0.15) is 0 Å². The summed E-state index contributed by atoms with van der Waals surface area (Å²) in [6, 6.07) is 8.93. The van der Waals surface area contributed by atoms with Crippen molar-refractivity contribution < 1.29 is 38.7 Å². The van der Waals surface area contributed by atoms with Gasteiger partial charge < -0.3 is 25.8 Å². The summed E-state index contributed by atoms with van der Waals surface area (Å²) in [6.45, 7) is 4.22. The third-order valence-electron chi connectivity index (χ3n) is 6.36. The van der Waals surface area contributed by atoms with E-state index < -0.39 is 35.8 Å². The average Bonchev–Trinajstić information content (AvgIpc) is 3.34. The van der Waals surface area contributed by atoms with Crippen LogP contribution in [0, 0.1) is 17.6 Å². The molecule has 1 aliphatic rings. The number of carboxylic acid groups (broad SMARTS) is 1. The zero-order valence-corrected chi connectivity index (χ0v) is 21.1. The lowest BCUT2D eigenvalue weighted by molar-refractivity contribution is -0.418. The number of nitrogens with one attached hydrogen (secondary N) is 1. The second-order valence-electron chi connectivity index (χ2n) is 9.74. The summed E-state index contributed by atoms with van der Waals surface area (Å²) in [5.74, 6) is -2.41. The summed E-state index contributed by atoms with van der Waals surface area (Å²) < 4.78 is 32.9. The van der Waals surface area contributed by atoms with Crippen LogP contribution in [0.5, 0.6) is 5.75 Å². The van der Waals surface area contributed by atoms with Gasteiger partial charge in [-0.25, -0.2) is 13.6 Å². The highest BCUT2D eigenvalue weighted by Gasteiger charge is 2.35. The molecule has 1 heterocycles. The lowest BCUT2D eigenvalue weighted by Crippen LogP contribution is -2.63. The minimum Gasteiger partial charge on any atom is -0.478 e. The van der Waals surface area contributed by atoms with E-state index in [1.54, 1.807) is 38.1 Å². The predicted octanol–water partition coefficient (Wildman–Crippen LogP) is 2.30. The van der Waals surface area contributed by atoms with Crippen molar-refractivity contribution in [3.8, 4) is 5.75 Å². The molecular formula is C27H34F2N3O5+. The Balaban J connectivity index is 1.51. The fourth-order valence-corrected chi connectivity index (χ4v) is 4.40. The van der Waals surface area contributed by atoms with Crippen molar-refractivity contribution in [1.29, 1.82) is 0 Å². The van der Waals surface area contributed by atoms with Crippen LogP contribution in [0.4, 0.5) is 8.78 Å². The number of carbonyl (C=O) groups excluding carboxylic acids is 2. The molecule has 2 aromatic carbocycles. The lowest BCUT2D eigenvalue weighted by Gasteiger charge is -2.25. The topological polar surface area (TPSA) is 124 Å². The molecule has 1 aliphatic heterocycles. The summed E-state index contributed by atoms with van der Waals surface area (Å²) in [4.78, 5) is 38.6. The molecule has 200 valence electrons. The fraction of sp³-hybridized carbons (Fsp3) is 0.444. The molecule has 3 rings (SSSR count). The number of hydrogen-bond acceptors (Lipinski definition) is 4. The maximum absolute atomic E-state index is 13.9. The predicted molar refractivity (Wildman–Crippen MR) is 131 cm³/mol. The molecule has 0 spiro atoms. The number of halogens is 2. The number of likely N-dealkylation sites (tertiary alicyclic amines) is 1. The Labute approximate surface area is 214 Å². The largest absolute Gasteiger partial charge is 0.478 e. The Hall–Kier alpha value is -3.53. The van der Waals surface area contributed by atoms with Crippen LogP contribution in [0.2, 0.25) is 0 Å². The zero-order valence-electron chi connectivity index (χ0n) is 21.1. The van der Waals surface area contributed by atoms with Crippen molar-refractivity contribution >= 4 is 17.8 Å². The van der Waals surface area contributed by atoms with Gasteiger partial charge in [-0.15, -0.1) is 0 Å². The molecule has 10 heteroatoms. The number of rotatable bonds is 11. The van der Waals surface area contributed by atoms with Crippen LogP contribution in [-0.4, -0.2) is 52.5 Å². The van der Waals surface area contributed by atoms with Crippen LogP contribution in [0.25, 0.3) is 0 Å². The second-order valence-corrected chi connectivity index (χ2v) is 9.74. The van der Waals surface area contributed by atoms with E-state index in [-0.39, 0.29) is 42.7 Å². The maximum Gasteiger partial charge on any atom is 0.345 e. The Morgan fingerprint density at radius 2 is 1.86 bits per heavy atom. The fourth-order valence-electron chi connectivity index (χ4n) is 4.40. The first-order chi connectivity index (χ1) is 17.5. The standard InChI is InChI=1S/C27H33F2N3O5/c1-16(2)25(27(35)36)37-21-8-5-17(6-9-21)15-31-26(34)23-4-3-11-32(23)24(33)14-20(30)13-18-12-19(28)7-10-22(18)29/h5-10,12,16,20,23,25H,3-4,11,13-15,30H2,1-2H3,(H,31,34)(H,35,36)/p+1/t20?,23-,25+/m0/s1. The van der Waals surface area contributed by atoms with E-state index in [4.69, 9.17) is 4.74 Å². The van der Waals surface area contributed by atoms with E-state index in [9.17, 15) is 28.3 Å². The van der Waals surface area contributed by atoms with Gasteiger partial charge in [-0.05, 0) is 54.3 Å². The molecule has 0 aromatic heterocycles. The smallest absolute Gasteiger partial charge is 0.345 e. The van der Waals surface area contributed by atoms with Crippen molar-refractivity contribution in [1.82, 2.24) is 10.2 Å². The Bertz CT molecular complexity index is 1110. The van der Waals surface area contributed by atoms with E-state index >= 15 is 0 Å². The van der Waals surface area contributed by atoms with Gasteiger partial charge in [0.1, 0.15) is 23.4 Å². The summed E-state index contributed by atoms with van der Waals surface area (Å²) in [7, 11) is 0. The van der Waals surface area contributed by atoms with E-state index in [0.29, 0.717) is 25.1 Å². The molecule has 1 unspecified atom stereocenters. The summed E-state index contributed by atoms with van der Waals surface area (Å²) in [5.41, 5.74) is 4.89. The number of carbonyl (C=O) groups is 3. The van der Waals surface area contributed by atoms with E-state index in [1.165, 1.54) is 4.90 Å². The molecule has 1 saturated heterocycles. The maximum atomic E-state index is 13.9. The van der Waals surface area contributed by atoms with Gasteiger partial charge in [-0.3, -0.25) is 9.59 Å². The van der Waals surface area contributed by atoms with Crippen LogP contribution in [0.3, 0.4) is 0 Å². The highest BCUT2D eigenvalue weighted by Crippen LogP contribution is 2.21. The monoisotopic (exact) mass is 518 g/mol. The van der Waals surface area contributed by atoms with Crippen LogP contribution in [0.15, 0.2) is 42.5 Å². The third kappa shape index (κ3) is 7.72. The molecule has 0 saturated carbocycles. The normalized spacial score (nSPS) is 16.9. The number of carboxylic acids is 1. The molecule has 8 nitrogen and oxygen atoms in total. The van der Waals surface area contributed by atoms with Gasteiger partial charge in [0.2, 0.25) is 11.8 Å². The Kier molecular flexibility index (Phi) is 9.57.